The second-order valence-electron chi connectivity index (χ2n) is 7.12. The molecule has 32 heavy (non-hydrogen) atoms. The third kappa shape index (κ3) is 3.87. The Morgan fingerprint density at radius 2 is 2.09 bits per heavy atom. The predicted octanol–water partition coefficient (Wildman–Crippen LogP) is 1.60. The predicted molar refractivity (Wildman–Crippen MR) is 116 cm³/mol. The molecular formula is C19H21N7O5S. The molecule has 4 N–H and O–H groups in total. The van der Waals surface area contributed by atoms with Crippen LogP contribution in [-0.4, -0.2) is 32.4 Å². The lowest BCUT2D eigenvalue weighted by Gasteiger charge is -2.23. The van der Waals surface area contributed by atoms with E-state index in [9.17, 15) is 14.4 Å². The lowest BCUT2D eigenvalue weighted by molar-refractivity contribution is -0.0691. The van der Waals surface area contributed by atoms with E-state index in [0.29, 0.717) is 29.5 Å². The fourth-order valence-electron chi connectivity index (χ4n) is 3.66. The van der Waals surface area contributed by atoms with E-state index in [1.54, 1.807) is 24.3 Å². The third-order valence-electron chi connectivity index (χ3n) is 5.20. The van der Waals surface area contributed by atoms with Crippen molar-refractivity contribution in [1.82, 2.24) is 14.2 Å². The van der Waals surface area contributed by atoms with Crippen LogP contribution in [0.25, 0.3) is 10.3 Å². The lowest BCUT2D eigenvalue weighted by Crippen LogP contribution is -2.32. The Balaban J connectivity index is 1.60. The van der Waals surface area contributed by atoms with Crippen molar-refractivity contribution in [2.24, 2.45) is 16.2 Å². The van der Waals surface area contributed by atoms with Gasteiger partial charge in [-0.1, -0.05) is 46.8 Å². The highest BCUT2D eigenvalue weighted by atomic mass is 32.1. The number of hydrogen-bond acceptors (Lipinski definition) is 10. The SMILES string of the molecule is CCC(OC(=O)c1ccccc1)[C@@H]1CC[C@H](n2c(=O)sc3c(=O)n(N)c(N=NN)nc32)O1. The highest BCUT2D eigenvalue weighted by Crippen LogP contribution is 2.33. The molecule has 168 valence electrons. The van der Waals surface area contributed by atoms with Crippen LogP contribution in [0.4, 0.5) is 5.95 Å². The van der Waals surface area contributed by atoms with Crippen LogP contribution >= 0.6 is 11.3 Å². The number of nitrogens with two attached hydrogens (primary N) is 2. The number of fused-ring (bicyclic) bond motifs is 1. The maximum absolute atomic E-state index is 12.7. The number of ether oxygens (including phenoxy) is 2. The van der Waals surface area contributed by atoms with Crippen LogP contribution in [0.1, 0.15) is 42.8 Å². The maximum Gasteiger partial charge on any atom is 0.338 e. The maximum atomic E-state index is 12.7. The number of thiazole rings is 1. The zero-order valence-corrected chi connectivity index (χ0v) is 17.9. The second-order valence-corrected chi connectivity index (χ2v) is 8.08. The molecule has 3 atom stereocenters. The van der Waals surface area contributed by atoms with Gasteiger partial charge < -0.3 is 21.2 Å². The highest BCUT2D eigenvalue weighted by molar-refractivity contribution is 7.16. The summed E-state index contributed by atoms with van der Waals surface area (Å²) in [6, 6.07) is 8.69. The number of carbonyl (C=O) groups excluding carboxylic acids is 1. The van der Waals surface area contributed by atoms with Crippen molar-refractivity contribution >= 4 is 33.6 Å². The Bertz CT molecular complexity index is 1280. The first-order valence-electron chi connectivity index (χ1n) is 9.90. The summed E-state index contributed by atoms with van der Waals surface area (Å²) in [5.74, 6) is 10.0. The van der Waals surface area contributed by atoms with Crippen molar-refractivity contribution < 1.29 is 14.3 Å². The van der Waals surface area contributed by atoms with E-state index < -0.39 is 34.8 Å². The van der Waals surface area contributed by atoms with Crippen LogP contribution in [-0.2, 0) is 9.47 Å². The Kier molecular flexibility index (Phi) is 6.01. The molecule has 1 fully saturated rings. The fourth-order valence-corrected chi connectivity index (χ4v) is 4.55. The molecule has 3 aromatic rings. The monoisotopic (exact) mass is 459 g/mol. The number of rotatable bonds is 6. The van der Waals surface area contributed by atoms with Crippen LogP contribution in [0, 0.1) is 0 Å². The Hall–Kier alpha value is -3.58. The first kappa shape index (κ1) is 21.6. The summed E-state index contributed by atoms with van der Waals surface area (Å²) in [5.41, 5.74) is -0.102. The average molecular weight is 459 g/mol. The van der Waals surface area contributed by atoms with E-state index in [1.807, 2.05) is 13.0 Å². The minimum atomic E-state index is -0.686. The van der Waals surface area contributed by atoms with Gasteiger partial charge in [0.1, 0.15) is 17.0 Å². The van der Waals surface area contributed by atoms with Gasteiger partial charge in [-0.3, -0.25) is 14.2 Å². The van der Waals surface area contributed by atoms with Crippen molar-refractivity contribution in [1.29, 1.82) is 0 Å². The minimum absolute atomic E-state index is 0.0723. The van der Waals surface area contributed by atoms with Crippen LogP contribution < -0.4 is 22.1 Å². The highest BCUT2D eigenvalue weighted by Gasteiger charge is 2.36. The van der Waals surface area contributed by atoms with Crippen molar-refractivity contribution in [3.8, 4) is 0 Å². The molecule has 1 aromatic carbocycles. The molecule has 0 aliphatic carbocycles. The molecular weight excluding hydrogens is 438 g/mol. The molecule has 1 unspecified atom stereocenters. The summed E-state index contributed by atoms with van der Waals surface area (Å²) in [7, 11) is 0. The molecule has 13 heteroatoms. The van der Waals surface area contributed by atoms with Crippen molar-refractivity contribution in [2.45, 2.75) is 44.6 Å². The number of aromatic nitrogens is 3. The fraction of sp³-hybridized carbons (Fsp3) is 0.368. The third-order valence-corrected chi connectivity index (χ3v) is 6.13. The van der Waals surface area contributed by atoms with Gasteiger partial charge >= 0.3 is 10.8 Å². The average Bonchev–Trinajstić information content (AvgIpc) is 3.40. The second kappa shape index (κ2) is 8.88. The summed E-state index contributed by atoms with van der Waals surface area (Å²) in [6.45, 7) is 1.89. The molecule has 0 amide bonds. The van der Waals surface area contributed by atoms with Gasteiger partial charge in [-0.15, -0.1) is 0 Å². The van der Waals surface area contributed by atoms with E-state index in [-0.39, 0.29) is 16.3 Å². The molecule has 1 saturated heterocycles. The number of carbonyl (C=O) groups is 1. The number of nitrogens with zero attached hydrogens (tertiary/aromatic N) is 5. The van der Waals surface area contributed by atoms with Crippen molar-refractivity contribution in [2.75, 3.05) is 5.84 Å². The van der Waals surface area contributed by atoms with Gasteiger partial charge in [-0.2, -0.15) is 9.66 Å². The van der Waals surface area contributed by atoms with Gasteiger partial charge in [-0.25, -0.2) is 4.79 Å². The zero-order chi connectivity index (χ0) is 22.8. The van der Waals surface area contributed by atoms with Gasteiger partial charge in [0.25, 0.3) is 11.5 Å². The van der Waals surface area contributed by atoms with E-state index in [4.69, 9.17) is 21.2 Å². The number of esters is 1. The Labute approximate surface area is 185 Å². The van der Waals surface area contributed by atoms with Gasteiger partial charge in [0.2, 0.25) is 0 Å². The van der Waals surface area contributed by atoms with E-state index in [1.165, 1.54) is 4.57 Å². The van der Waals surface area contributed by atoms with E-state index >= 15 is 0 Å². The van der Waals surface area contributed by atoms with Crippen molar-refractivity contribution in [3.63, 3.8) is 0 Å². The largest absolute Gasteiger partial charge is 0.456 e. The van der Waals surface area contributed by atoms with Crippen LogP contribution in [0.5, 0.6) is 0 Å². The number of hydrogen-bond donors (Lipinski definition) is 2. The first-order valence-corrected chi connectivity index (χ1v) is 10.7. The van der Waals surface area contributed by atoms with Crippen molar-refractivity contribution in [3.05, 3.63) is 55.9 Å². The smallest absolute Gasteiger partial charge is 0.338 e. The molecule has 1 aliphatic heterocycles. The molecule has 0 radical (unpaired) electrons. The van der Waals surface area contributed by atoms with E-state index in [0.717, 1.165) is 11.3 Å². The molecule has 3 heterocycles. The molecule has 0 spiro atoms. The van der Waals surface area contributed by atoms with Gasteiger partial charge in [0.05, 0.1) is 11.7 Å². The topological polar surface area (TPSA) is 169 Å². The molecule has 1 aliphatic rings. The van der Waals surface area contributed by atoms with Crippen LogP contribution in [0.2, 0.25) is 0 Å². The molecule has 2 aromatic heterocycles. The molecule has 0 saturated carbocycles. The standard InChI is InChI=1S/C19H21N7O5S/c1-2-11(31-17(28)10-6-4-3-5-7-10)12-8-9-13(30-12)25-15-14(32-19(25)29)16(27)26(21)18(22-15)23-24-20/h3-7,11-13H,2,8-9,21H2,1H3,(H2,20,22,23)/t11?,12-,13+/m0/s1. The summed E-state index contributed by atoms with van der Waals surface area (Å²) in [5, 5.41) is 6.64. The minimum Gasteiger partial charge on any atom is -0.456 e. The quantitative estimate of drug-likeness (QED) is 0.242. The summed E-state index contributed by atoms with van der Waals surface area (Å²) < 4.78 is 13.8. The normalized spacial score (nSPS) is 19.5. The van der Waals surface area contributed by atoms with Gasteiger partial charge in [0.15, 0.2) is 5.65 Å². The van der Waals surface area contributed by atoms with E-state index in [2.05, 4.69) is 15.3 Å². The molecule has 0 bridgehead atoms. The summed E-state index contributed by atoms with van der Waals surface area (Å²) in [6.07, 6.45) is -0.0440. The van der Waals surface area contributed by atoms with Crippen LogP contribution in [0.15, 0.2) is 50.3 Å². The summed E-state index contributed by atoms with van der Waals surface area (Å²) in [4.78, 5) is 41.4. The van der Waals surface area contributed by atoms with Crippen LogP contribution in [0.3, 0.4) is 0 Å². The first-order chi connectivity index (χ1) is 15.4. The molecule has 4 rings (SSSR count). The van der Waals surface area contributed by atoms with Gasteiger partial charge in [-0.05, 0) is 31.4 Å². The Morgan fingerprint density at radius 1 is 1.34 bits per heavy atom. The number of nitrogen functional groups attached to an aromatic ring is 1. The Morgan fingerprint density at radius 3 is 2.78 bits per heavy atom. The number of benzene rings is 1. The molecule has 12 nitrogen and oxygen atoms in total. The zero-order valence-electron chi connectivity index (χ0n) is 17.1. The lowest BCUT2D eigenvalue weighted by atomic mass is 10.1. The van der Waals surface area contributed by atoms with Gasteiger partial charge in [0, 0.05) is 0 Å². The summed E-state index contributed by atoms with van der Waals surface area (Å²) >= 11 is 0.719.